The predicted molar refractivity (Wildman–Crippen MR) is 111 cm³/mol. The standard InChI is InChI=1S/C19H24N6O2S/c1-12(2)22-16-15-11-21-25(17(15)24-19(23-16)28-4)10-9-20-18(26)13-5-7-14(27-3)8-6-13/h5-8,11-12H,9-10H2,1-4H3,(H,20,26)(H,22,23,24). The van der Waals surface area contributed by atoms with Crippen molar-refractivity contribution in [2.45, 2.75) is 31.6 Å². The Balaban J connectivity index is 1.71. The summed E-state index contributed by atoms with van der Waals surface area (Å²) in [6.07, 6.45) is 3.70. The van der Waals surface area contributed by atoms with E-state index in [1.165, 1.54) is 11.8 Å². The lowest BCUT2D eigenvalue weighted by molar-refractivity contribution is 0.0952. The highest BCUT2D eigenvalue weighted by Crippen LogP contribution is 2.23. The van der Waals surface area contributed by atoms with Crippen molar-refractivity contribution in [2.75, 3.05) is 25.2 Å². The molecule has 2 N–H and O–H groups in total. The first kappa shape index (κ1) is 19.9. The van der Waals surface area contributed by atoms with Crippen molar-refractivity contribution in [3.63, 3.8) is 0 Å². The van der Waals surface area contributed by atoms with E-state index < -0.39 is 0 Å². The number of fused-ring (bicyclic) bond motifs is 1. The van der Waals surface area contributed by atoms with Crippen molar-refractivity contribution in [3.05, 3.63) is 36.0 Å². The molecule has 2 aromatic heterocycles. The number of ether oxygens (including phenoxy) is 1. The first-order chi connectivity index (χ1) is 13.5. The summed E-state index contributed by atoms with van der Waals surface area (Å²) in [6, 6.07) is 7.25. The van der Waals surface area contributed by atoms with Crippen molar-refractivity contribution in [1.82, 2.24) is 25.1 Å². The Bertz CT molecular complexity index is 955. The molecule has 0 aliphatic carbocycles. The van der Waals surface area contributed by atoms with Gasteiger partial charge in [-0.05, 0) is 44.4 Å². The first-order valence-electron chi connectivity index (χ1n) is 8.98. The van der Waals surface area contributed by atoms with Crippen molar-refractivity contribution in [2.24, 2.45) is 0 Å². The maximum atomic E-state index is 12.3. The molecule has 0 radical (unpaired) electrons. The second-order valence-electron chi connectivity index (χ2n) is 6.45. The van der Waals surface area contributed by atoms with Gasteiger partial charge in [-0.3, -0.25) is 4.79 Å². The Morgan fingerprint density at radius 2 is 2.00 bits per heavy atom. The van der Waals surface area contributed by atoms with Gasteiger partial charge in [0.15, 0.2) is 10.8 Å². The van der Waals surface area contributed by atoms with E-state index in [-0.39, 0.29) is 11.9 Å². The van der Waals surface area contributed by atoms with Gasteiger partial charge >= 0.3 is 0 Å². The lowest BCUT2D eigenvalue weighted by atomic mass is 10.2. The van der Waals surface area contributed by atoms with Crippen LogP contribution in [0.15, 0.2) is 35.6 Å². The molecular weight excluding hydrogens is 376 g/mol. The van der Waals surface area contributed by atoms with E-state index in [1.54, 1.807) is 42.3 Å². The number of aromatic nitrogens is 4. The third-order valence-corrected chi connectivity index (χ3v) is 4.59. The van der Waals surface area contributed by atoms with Crippen LogP contribution in [0.2, 0.25) is 0 Å². The summed E-state index contributed by atoms with van der Waals surface area (Å²) in [5, 5.41) is 12.2. The number of carbonyl (C=O) groups excluding carboxylic acids is 1. The van der Waals surface area contributed by atoms with Crippen molar-refractivity contribution >= 4 is 34.5 Å². The van der Waals surface area contributed by atoms with Crippen LogP contribution in [0.25, 0.3) is 11.0 Å². The third kappa shape index (κ3) is 4.53. The van der Waals surface area contributed by atoms with Crippen LogP contribution in [-0.2, 0) is 6.54 Å². The van der Waals surface area contributed by atoms with E-state index in [0.29, 0.717) is 23.8 Å². The van der Waals surface area contributed by atoms with Crippen LogP contribution >= 0.6 is 11.8 Å². The van der Waals surface area contributed by atoms with Crippen LogP contribution in [0.5, 0.6) is 5.75 Å². The molecule has 0 aliphatic rings. The van der Waals surface area contributed by atoms with E-state index in [2.05, 4.69) is 39.5 Å². The van der Waals surface area contributed by atoms with Crippen molar-refractivity contribution < 1.29 is 9.53 Å². The number of nitrogens with one attached hydrogen (secondary N) is 2. The van der Waals surface area contributed by atoms with Crippen LogP contribution < -0.4 is 15.4 Å². The number of rotatable bonds is 8. The fraction of sp³-hybridized carbons (Fsp3) is 0.368. The largest absolute Gasteiger partial charge is 0.497 e. The van der Waals surface area contributed by atoms with E-state index in [9.17, 15) is 4.79 Å². The number of hydrogen-bond acceptors (Lipinski definition) is 7. The van der Waals surface area contributed by atoms with Gasteiger partial charge in [-0.1, -0.05) is 11.8 Å². The van der Waals surface area contributed by atoms with E-state index >= 15 is 0 Å². The SMILES string of the molecule is COc1ccc(C(=O)NCCn2ncc3c(NC(C)C)nc(SC)nc32)cc1. The van der Waals surface area contributed by atoms with E-state index in [1.807, 2.05) is 6.26 Å². The lowest BCUT2D eigenvalue weighted by Crippen LogP contribution is -2.27. The first-order valence-corrected chi connectivity index (χ1v) is 10.2. The average Bonchev–Trinajstić information content (AvgIpc) is 3.10. The molecule has 8 nitrogen and oxygen atoms in total. The van der Waals surface area contributed by atoms with Crippen molar-refractivity contribution in [1.29, 1.82) is 0 Å². The van der Waals surface area contributed by atoms with Gasteiger partial charge in [-0.25, -0.2) is 14.6 Å². The molecule has 0 unspecified atom stereocenters. The zero-order valence-corrected chi connectivity index (χ0v) is 17.2. The molecule has 0 aliphatic heterocycles. The van der Waals surface area contributed by atoms with Crippen LogP contribution in [0.3, 0.4) is 0 Å². The molecule has 1 amide bonds. The highest BCUT2D eigenvalue weighted by atomic mass is 32.2. The molecular formula is C19H24N6O2S. The number of amides is 1. The molecule has 0 atom stereocenters. The number of benzene rings is 1. The Hall–Kier alpha value is -2.81. The molecule has 0 fully saturated rings. The molecule has 0 saturated heterocycles. The Kier molecular flexibility index (Phi) is 6.35. The Labute approximate surface area is 168 Å². The average molecular weight is 401 g/mol. The minimum Gasteiger partial charge on any atom is -0.497 e. The van der Waals surface area contributed by atoms with Crippen LogP contribution in [0.1, 0.15) is 24.2 Å². The number of nitrogens with zero attached hydrogens (tertiary/aromatic N) is 4. The van der Waals surface area contributed by atoms with Gasteiger partial charge in [-0.2, -0.15) is 5.10 Å². The van der Waals surface area contributed by atoms with Gasteiger partial charge in [0, 0.05) is 18.2 Å². The zero-order valence-electron chi connectivity index (χ0n) is 16.4. The molecule has 0 saturated carbocycles. The summed E-state index contributed by atoms with van der Waals surface area (Å²) in [4.78, 5) is 21.4. The van der Waals surface area contributed by atoms with Crippen LogP contribution in [0.4, 0.5) is 5.82 Å². The number of methoxy groups -OCH3 is 1. The fourth-order valence-corrected chi connectivity index (χ4v) is 3.05. The van der Waals surface area contributed by atoms with Gasteiger partial charge < -0.3 is 15.4 Å². The minimum atomic E-state index is -0.138. The van der Waals surface area contributed by atoms with Gasteiger partial charge in [0.05, 0.1) is 25.2 Å². The third-order valence-electron chi connectivity index (χ3n) is 4.05. The van der Waals surface area contributed by atoms with Gasteiger partial charge in [0.2, 0.25) is 0 Å². The molecule has 0 spiro atoms. The summed E-state index contributed by atoms with van der Waals surface area (Å²) < 4.78 is 6.90. The summed E-state index contributed by atoms with van der Waals surface area (Å²) in [5.41, 5.74) is 1.34. The smallest absolute Gasteiger partial charge is 0.251 e. The number of thioether (sulfide) groups is 1. The Morgan fingerprint density at radius 1 is 1.25 bits per heavy atom. The van der Waals surface area contributed by atoms with Crippen LogP contribution in [-0.4, -0.2) is 51.6 Å². The number of carbonyl (C=O) groups is 1. The maximum absolute atomic E-state index is 12.3. The number of anilines is 1. The van der Waals surface area contributed by atoms with E-state index in [4.69, 9.17) is 4.74 Å². The summed E-state index contributed by atoms with van der Waals surface area (Å²) in [6.45, 7) is 5.07. The quantitative estimate of drug-likeness (QED) is 0.443. The molecule has 3 rings (SSSR count). The molecule has 148 valence electrons. The summed E-state index contributed by atoms with van der Waals surface area (Å²) >= 11 is 1.48. The highest BCUT2D eigenvalue weighted by molar-refractivity contribution is 7.98. The second-order valence-corrected chi connectivity index (χ2v) is 7.22. The summed E-state index contributed by atoms with van der Waals surface area (Å²) in [7, 11) is 1.59. The van der Waals surface area contributed by atoms with Gasteiger partial charge in [-0.15, -0.1) is 0 Å². The normalized spacial score (nSPS) is 11.0. The maximum Gasteiger partial charge on any atom is 0.251 e. The molecule has 9 heteroatoms. The van der Waals surface area contributed by atoms with Gasteiger partial charge in [0.25, 0.3) is 5.91 Å². The van der Waals surface area contributed by atoms with Crippen LogP contribution in [0, 0.1) is 0 Å². The fourth-order valence-electron chi connectivity index (χ4n) is 2.69. The lowest BCUT2D eigenvalue weighted by Gasteiger charge is -2.11. The summed E-state index contributed by atoms with van der Waals surface area (Å²) in [5.74, 6) is 1.35. The molecule has 28 heavy (non-hydrogen) atoms. The minimum absolute atomic E-state index is 0.138. The van der Waals surface area contributed by atoms with E-state index in [0.717, 1.165) is 22.6 Å². The monoisotopic (exact) mass is 400 g/mol. The van der Waals surface area contributed by atoms with Crippen molar-refractivity contribution in [3.8, 4) is 5.75 Å². The topological polar surface area (TPSA) is 94.0 Å². The zero-order chi connectivity index (χ0) is 20.1. The molecule has 2 heterocycles. The molecule has 3 aromatic rings. The molecule has 1 aromatic carbocycles. The second kappa shape index (κ2) is 8.92. The predicted octanol–water partition coefficient (Wildman–Crippen LogP) is 2.81. The highest BCUT2D eigenvalue weighted by Gasteiger charge is 2.14. The number of hydrogen-bond donors (Lipinski definition) is 2. The van der Waals surface area contributed by atoms with Gasteiger partial charge in [0.1, 0.15) is 11.6 Å². The molecule has 0 bridgehead atoms. The Morgan fingerprint density at radius 3 is 2.64 bits per heavy atom.